The zero-order chi connectivity index (χ0) is 50.0. The lowest BCUT2D eigenvalue weighted by Crippen LogP contribution is -2.82. The molecule has 10 unspecified atom stereocenters. The normalized spacial score (nSPS) is 47.6. The van der Waals surface area contributed by atoms with Crippen molar-refractivity contribution < 1.29 is 107 Å². The number of hydrogen-bond donors (Lipinski definition) is 7. The number of carbonyl (C=O) groups excluding carboxylic acids is 4. The monoisotopic (exact) mass is 986 g/mol. The van der Waals surface area contributed by atoms with Crippen molar-refractivity contribution in [3.05, 3.63) is 71.8 Å². The number of carbonyl (C=O) groups is 4. The van der Waals surface area contributed by atoms with E-state index in [2.05, 4.69) is 0 Å². The zero-order valence-electron chi connectivity index (χ0n) is 38.7. The Bertz CT molecular complexity index is 2360. The van der Waals surface area contributed by atoms with Gasteiger partial charge in [0.05, 0.1) is 29.8 Å². The standard InChI is InChI=1S/C48H58O22/c1-42-17-27(50)25-15-46(42,44(25,41(60-3)69-42)21-62-37(58)23-11-7-5-8-12-23)67-40-36(57)34(55)32(53)30(66-40)20-64-48(61-4)45(22-63-38(59)24-13-9-6-10-14-24)26-16-47(45,43(2,70-48)18-28(26)51)68-39-35(56)33(54)31(52)29(19-49)65-39/h5-14,25-26,29-36,39-41,49,52-57H,15-22H2,1-4H3/t25?,26?,29-,30-,31-,32-,33+,34+,35-,36-,39+,40+,41?,42?,43?,44?,45?,46?,47?,48?/m1/s1. The van der Waals surface area contributed by atoms with Gasteiger partial charge < -0.3 is 87.9 Å². The molecule has 7 N–H and O–H groups in total. The SMILES string of the molecule is COC1OC2(C)CC(=O)C3CC2(O[C@@H]2O[C@H](COC4(OC)OC5(C)CC(=O)C6CC5(O[C@@H]5O[C@H](CO)[C@@H](O)[C@H](O)[C@H]5O)C64COC(=O)c4ccccc4)[C@@H](O)[C@H](O)[C@H]2O)C13COC(=O)c1ccccc1. The Morgan fingerprint density at radius 2 is 1.17 bits per heavy atom. The molecule has 22 heteroatoms. The number of hydrogen-bond acceptors (Lipinski definition) is 22. The van der Waals surface area contributed by atoms with Gasteiger partial charge in [0.25, 0.3) is 5.97 Å². The Morgan fingerprint density at radius 1 is 0.657 bits per heavy atom. The molecule has 12 rings (SSSR count). The van der Waals surface area contributed by atoms with Crippen molar-refractivity contribution in [2.45, 2.75) is 136 Å². The summed E-state index contributed by atoms with van der Waals surface area (Å²) in [6, 6.07) is 16.1. The van der Waals surface area contributed by atoms with Crippen molar-refractivity contribution in [2.24, 2.45) is 22.7 Å². The maximum atomic E-state index is 14.2. The van der Waals surface area contributed by atoms with Crippen molar-refractivity contribution in [3.8, 4) is 0 Å². The first-order chi connectivity index (χ1) is 33.3. The minimum absolute atomic E-state index is 0.0207. The minimum atomic E-state index is -2.45. The van der Waals surface area contributed by atoms with Gasteiger partial charge in [0.1, 0.15) is 101 Å². The predicted molar refractivity (Wildman–Crippen MR) is 227 cm³/mol. The number of esters is 2. The van der Waals surface area contributed by atoms with Crippen LogP contribution in [0, 0.1) is 22.7 Å². The Morgan fingerprint density at radius 3 is 1.74 bits per heavy atom. The first-order valence-corrected chi connectivity index (χ1v) is 23.2. The van der Waals surface area contributed by atoms with Crippen LogP contribution in [0.4, 0.5) is 0 Å². The van der Waals surface area contributed by atoms with Crippen LogP contribution in [0.2, 0.25) is 0 Å². The van der Waals surface area contributed by atoms with E-state index in [0.717, 1.165) is 0 Å². The molecule has 10 fully saturated rings. The van der Waals surface area contributed by atoms with E-state index in [-0.39, 0.29) is 48.4 Å². The van der Waals surface area contributed by atoms with Crippen molar-refractivity contribution in [2.75, 3.05) is 40.6 Å². The summed E-state index contributed by atoms with van der Waals surface area (Å²) in [4.78, 5) is 54.9. The molecule has 6 aliphatic carbocycles. The summed E-state index contributed by atoms with van der Waals surface area (Å²) in [5.74, 6) is -6.42. The topological polar surface area (TPSA) is 311 Å². The number of ether oxygens (including phenoxy) is 11. The third kappa shape index (κ3) is 6.56. The molecule has 4 saturated heterocycles. The highest BCUT2D eigenvalue weighted by molar-refractivity contribution is 5.91. The largest absolute Gasteiger partial charge is 0.461 e. The van der Waals surface area contributed by atoms with Gasteiger partial charge in [0.2, 0.25) is 0 Å². The molecule has 0 spiro atoms. The van der Waals surface area contributed by atoms with Crippen LogP contribution in [-0.4, -0.2) is 196 Å². The van der Waals surface area contributed by atoms with Gasteiger partial charge >= 0.3 is 11.9 Å². The fraction of sp³-hybridized carbons (Fsp3) is 0.667. The molecule has 4 heterocycles. The number of benzene rings is 2. The maximum Gasteiger partial charge on any atom is 0.338 e. The molecule has 70 heavy (non-hydrogen) atoms. The summed E-state index contributed by atoms with van der Waals surface area (Å²) in [5.41, 5.74) is -9.62. The van der Waals surface area contributed by atoms with Crippen LogP contribution >= 0.6 is 0 Å². The summed E-state index contributed by atoms with van der Waals surface area (Å²) < 4.78 is 68.9. The maximum absolute atomic E-state index is 14.2. The average molecular weight is 987 g/mol. The first kappa shape index (κ1) is 49.6. The molecule has 8 bridgehead atoms. The number of ketones is 2. The highest BCUT2D eigenvalue weighted by atomic mass is 16.9. The lowest BCUT2D eigenvalue weighted by Gasteiger charge is -2.67. The van der Waals surface area contributed by atoms with Crippen LogP contribution in [0.3, 0.4) is 0 Å². The number of aliphatic hydroxyl groups is 7. The van der Waals surface area contributed by atoms with Crippen molar-refractivity contribution in [1.29, 1.82) is 0 Å². The van der Waals surface area contributed by atoms with Gasteiger partial charge in [0.15, 0.2) is 18.9 Å². The third-order valence-corrected chi connectivity index (χ3v) is 16.8. The predicted octanol–water partition coefficient (Wildman–Crippen LogP) is -1.36. The molecule has 10 aliphatic rings. The Labute approximate surface area is 400 Å². The number of rotatable bonds is 16. The minimum Gasteiger partial charge on any atom is -0.461 e. The van der Waals surface area contributed by atoms with Gasteiger partial charge in [-0.1, -0.05) is 36.4 Å². The van der Waals surface area contributed by atoms with Gasteiger partial charge in [-0.15, -0.1) is 0 Å². The Balaban J connectivity index is 0.967. The van der Waals surface area contributed by atoms with E-state index in [0.29, 0.717) is 0 Å². The van der Waals surface area contributed by atoms with E-state index >= 15 is 0 Å². The van der Waals surface area contributed by atoms with Crippen molar-refractivity contribution in [1.82, 2.24) is 0 Å². The van der Waals surface area contributed by atoms with Crippen molar-refractivity contribution in [3.63, 3.8) is 0 Å². The Kier molecular flexibility index (Phi) is 12.3. The summed E-state index contributed by atoms with van der Waals surface area (Å²) in [7, 11) is 2.55. The number of fused-ring (bicyclic) bond motifs is 2. The Hall–Kier alpha value is -3.92. The molecule has 0 aromatic heterocycles. The number of aliphatic hydroxyl groups excluding tert-OH is 7. The van der Waals surface area contributed by atoms with Crippen LogP contribution in [0.1, 0.15) is 60.2 Å². The molecule has 20 atom stereocenters. The van der Waals surface area contributed by atoms with Gasteiger partial charge in [-0.2, -0.15) is 0 Å². The molecule has 6 saturated carbocycles. The first-order valence-electron chi connectivity index (χ1n) is 23.2. The molecular formula is C48H58O22. The highest BCUT2D eigenvalue weighted by Crippen LogP contribution is 2.78. The molecule has 2 aromatic carbocycles. The lowest BCUT2D eigenvalue weighted by molar-refractivity contribution is -0.444. The van der Waals surface area contributed by atoms with E-state index in [4.69, 9.17) is 52.1 Å². The smallest absolute Gasteiger partial charge is 0.338 e. The third-order valence-electron chi connectivity index (χ3n) is 16.8. The second-order valence-electron chi connectivity index (χ2n) is 20.1. The molecule has 382 valence electrons. The summed E-state index contributed by atoms with van der Waals surface area (Å²) in [5, 5.41) is 77.2. The lowest BCUT2D eigenvalue weighted by atomic mass is 9.40. The summed E-state index contributed by atoms with van der Waals surface area (Å²) in [6.07, 6.45) is -19.6. The number of Topliss-reactive ketones (excluding diaryl/α,β-unsaturated/α-hetero) is 2. The molecular weight excluding hydrogens is 929 g/mol. The summed E-state index contributed by atoms with van der Waals surface area (Å²) in [6.45, 7) is 0.497. The van der Waals surface area contributed by atoms with Crippen LogP contribution in [0.15, 0.2) is 60.7 Å². The van der Waals surface area contributed by atoms with Gasteiger partial charge in [-0.3, -0.25) is 9.59 Å². The van der Waals surface area contributed by atoms with Crippen molar-refractivity contribution >= 4 is 23.5 Å². The second-order valence-corrected chi connectivity index (χ2v) is 20.1. The van der Waals surface area contributed by atoms with E-state index in [1.165, 1.54) is 33.3 Å². The van der Waals surface area contributed by atoms with E-state index in [1.807, 2.05) is 0 Å². The molecule has 0 radical (unpaired) electrons. The fourth-order valence-corrected chi connectivity index (χ4v) is 13.2. The summed E-state index contributed by atoms with van der Waals surface area (Å²) >= 11 is 0. The van der Waals surface area contributed by atoms with Crippen LogP contribution in [0.5, 0.6) is 0 Å². The second kappa shape index (κ2) is 17.4. The van der Waals surface area contributed by atoms with Crippen LogP contribution in [0.25, 0.3) is 0 Å². The number of methoxy groups -OCH3 is 2. The van der Waals surface area contributed by atoms with Gasteiger partial charge in [-0.25, -0.2) is 9.59 Å². The zero-order valence-corrected chi connectivity index (χ0v) is 38.7. The van der Waals surface area contributed by atoms with Gasteiger partial charge in [0, 0.05) is 38.9 Å². The van der Waals surface area contributed by atoms with Crippen LogP contribution < -0.4 is 0 Å². The molecule has 2 aromatic rings. The molecule has 22 nitrogen and oxygen atoms in total. The molecule has 4 aliphatic heterocycles. The molecule has 0 amide bonds. The average Bonchev–Trinajstić information content (AvgIpc) is 3.48. The van der Waals surface area contributed by atoms with Crippen LogP contribution in [-0.2, 0) is 61.7 Å². The van der Waals surface area contributed by atoms with Gasteiger partial charge in [-0.05, 0) is 51.0 Å². The van der Waals surface area contributed by atoms with E-state index in [9.17, 15) is 54.9 Å². The van der Waals surface area contributed by atoms with E-state index < -0.39 is 157 Å². The quantitative estimate of drug-likeness (QED) is 0.0755. The van der Waals surface area contributed by atoms with E-state index in [1.54, 1.807) is 55.5 Å². The fourth-order valence-electron chi connectivity index (χ4n) is 13.2. The highest BCUT2D eigenvalue weighted by Gasteiger charge is 2.93.